The van der Waals surface area contributed by atoms with E-state index in [1.165, 1.54) is 12.3 Å². The molecular formula is C15H19FN2O. The number of hydrogen-bond donors (Lipinski definition) is 1. The van der Waals surface area contributed by atoms with Crippen molar-refractivity contribution in [1.82, 2.24) is 10.3 Å². The van der Waals surface area contributed by atoms with E-state index in [4.69, 9.17) is 4.42 Å². The van der Waals surface area contributed by atoms with Crippen molar-refractivity contribution < 1.29 is 8.81 Å². The fourth-order valence-corrected chi connectivity index (χ4v) is 2.08. The van der Waals surface area contributed by atoms with Crippen molar-refractivity contribution in [3.63, 3.8) is 0 Å². The van der Waals surface area contributed by atoms with E-state index >= 15 is 0 Å². The van der Waals surface area contributed by atoms with Crippen LogP contribution in [0.25, 0.3) is 0 Å². The van der Waals surface area contributed by atoms with Gasteiger partial charge in [0.05, 0.1) is 17.9 Å². The highest BCUT2D eigenvalue weighted by molar-refractivity contribution is 5.13. The lowest BCUT2D eigenvalue weighted by Crippen LogP contribution is -2.24. The molecule has 2 rings (SSSR count). The fraction of sp³-hybridized carbons (Fsp3) is 0.400. The van der Waals surface area contributed by atoms with Crippen molar-refractivity contribution in [2.45, 2.75) is 39.3 Å². The molecule has 2 aromatic rings. The van der Waals surface area contributed by atoms with Crippen LogP contribution in [0.1, 0.15) is 49.6 Å². The molecule has 0 aliphatic carbocycles. The van der Waals surface area contributed by atoms with Crippen LogP contribution in [-0.2, 0) is 0 Å². The molecule has 0 saturated carbocycles. The first-order valence-corrected chi connectivity index (χ1v) is 6.54. The summed E-state index contributed by atoms with van der Waals surface area (Å²) in [6.07, 6.45) is 2.13. The Hall–Kier alpha value is -1.68. The van der Waals surface area contributed by atoms with Crippen LogP contribution in [0.3, 0.4) is 0 Å². The van der Waals surface area contributed by atoms with Gasteiger partial charge in [-0.05, 0) is 44.5 Å². The summed E-state index contributed by atoms with van der Waals surface area (Å²) in [5, 5.41) is 3.45. The van der Waals surface area contributed by atoms with Crippen LogP contribution in [0, 0.1) is 12.7 Å². The maximum atomic E-state index is 12.9. The second-order valence-corrected chi connectivity index (χ2v) is 4.70. The summed E-state index contributed by atoms with van der Waals surface area (Å²) in [5.74, 6) is 1.49. The van der Waals surface area contributed by atoms with E-state index in [1.54, 1.807) is 6.07 Å². The van der Waals surface area contributed by atoms with Crippen LogP contribution in [0.4, 0.5) is 4.39 Å². The molecule has 2 atom stereocenters. The standard InChI is InChI=1S/C15H19FN2O/c1-4-13(14-7-6-12(16)9-17-14)18-11(3)15-8-5-10(2)19-15/h5-9,11,13,18H,4H2,1-3H3. The summed E-state index contributed by atoms with van der Waals surface area (Å²) in [6, 6.07) is 7.25. The van der Waals surface area contributed by atoms with Crippen LogP contribution in [0.15, 0.2) is 34.9 Å². The monoisotopic (exact) mass is 262 g/mol. The van der Waals surface area contributed by atoms with Gasteiger partial charge in [0.2, 0.25) is 0 Å². The number of aryl methyl sites for hydroxylation is 1. The smallest absolute Gasteiger partial charge is 0.141 e. The van der Waals surface area contributed by atoms with Gasteiger partial charge in [0.25, 0.3) is 0 Å². The van der Waals surface area contributed by atoms with Crippen LogP contribution in [-0.4, -0.2) is 4.98 Å². The van der Waals surface area contributed by atoms with E-state index in [0.717, 1.165) is 23.6 Å². The summed E-state index contributed by atoms with van der Waals surface area (Å²) in [5.41, 5.74) is 0.846. The zero-order chi connectivity index (χ0) is 13.8. The Morgan fingerprint density at radius 3 is 2.63 bits per heavy atom. The predicted octanol–water partition coefficient (Wildman–Crippen LogP) is 3.92. The maximum absolute atomic E-state index is 12.9. The molecule has 0 aliphatic heterocycles. The highest BCUT2D eigenvalue weighted by Crippen LogP contribution is 2.22. The quantitative estimate of drug-likeness (QED) is 0.887. The summed E-state index contributed by atoms with van der Waals surface area (Å²) >= 11 is 0. The number of pyridine rings is 1. The molecule has 19 heavy (non-hydrogen) atoms. The summed E-state index contributed by atoms with van der Waals surface area (Å²) in [7, 11) is 0. The second-order valence-electron chi connectivity index (χ2n) is 4.70. The maximum Gasteiger partial charge on any atom is 0.141 e. The number of nitrogens with zero attached hydrogens (tertiary/aromatic N) is 1. The minimum Gasteiger partial charge on any atom is -0.465 e. The van der Waals surface area contributed by atoms with Gasteiger partial charge in [0.1, 0.15) is 17.3 Å². The van der Waals surface area contributed by atoms with Crippen LogP contribution in [0.2, 0.25) is 0 Å². The summed E-state index contributed by atoms with van der Waals surface area (Å²) in [6.45, 7) is 6.04. The Morgan fingerprint density at radius 2 is 2.11 bits per heavy atom. The van der Waals surface area contributed by atoms with Crippen molar-refractivity contribution in [2.75, 3.05) is 0 Å². The first-order chi connectivity index (χ1) is 9.10. The molecule has 102 valence electrons. The van der Waals surface area contributed by atoms with E-state index in [9.17, 15) is 4.39 Å². The highest BCUT2D eigenvalue weighted by Gasteiger charge is 2.16. The lowest BCUT2D eigenvalue weighted by Gasteiger charge is -2.20. The van der Waals surface area contributed by atoms with Gasteiger partial charge in [-0.1, -0.05) is 6.92 Å². The van der Waals surface area contributed by atoms with Gasteiger partial charge in [0.15, 0.2) is 0 Å². The molecule has 2 unspecified atom stereocenters. The van der Waals surface area contributed by atoms with Gasteiger partial charge in [-0.15, -0.1) is 0 Å². The number of furan rings is 1. The SMILES string of the molecule is CCC(NC(C)c1ccc(C)o1)c1ccc(F)cn1. The Morgan fingerprint density at radius 1 is 1.32 bits per heavy atom. The average molecular weight is 262 g/mol. The normalized spacial score (nSPS) is 14.3. The Bertz CT molecular complexity index is 521. The van der Waals surface area contributed by atoms with E-state index in [2.05, 4.69) is 17.2 Å². The second kappa shape index (κ2) is 5.97. The third kappa shape index (κ3) is 3.41. The zero-order valence-electron chi connectivity index (χ0n) is 11.5. The first-order valence-electron chi connectivity index (χ1n) is 6.54. The molecule has 0 aliphatic rings. The number of rotatable bonds is 5. The average Bonchev–Trinajstić information content (AvgIpc) is 2.84. The van der Waals surface area contributed by atoms with Crippen molar-refractivity contribution >= 4 is 0 Å². The minimum absolute atomic E-state index is 0.0843. The summed E-state index contributed by atoms with van der Waals surface area (Å²) in [4.78, 5) is 4.13. The number of nitrogens with one attached hydrogen (secondary N) is 1. The zero-order valence-corrected chi connectivity index (χ0v) is 11.5. The first kappa shape index (κ1) is 13.7. The van der Waals surface area contributed by atoms with Crippen molar-refractivity contribution in [3.8, 4) is 0 Å². The molecule has 0 saturated heterocycles. The van der Waals surface area contributed by atoms with Crippen molar-refractivity contribution in [1.29, 1.82) is 0 Å². The molecule has 0 spiro atoms. The number of aromatic nitrogens is 1. The number of hydrogen-bond acceptors (Lipinski definition) is 3. The van der Waals surface area contributed by atoms with E-state index < -0.39 is 0 Å². The largest absolute Gasteiger partial charge is 0.465 e. The van der Waals surface area contributed by atoms with Crippen molar-refractivity contribution in [2.24, 2.45) is 0 Å². The molecule has 1 N–H and O–H groups in total. The fourth-order valence-electron chi connectivity index (χ4n) is 2.08. The minimum atomic E-state index is -0.312. The molecule has 0 fully saturated rings. The summed E-state index contributed by atoms with van der Waals surface area (Å²) < 4.78 is 18.5. The third-order valence-corrected chi connectivity index (χ3v) is 3.15. The van der Waals surface area contributed by atoms with Crippen LogP contribution < -0.4 is 5.32 Å². The molecule has 0 amide bonds. The van der Waals surface area contributed by atoms with Gasteiger partial charge in [-0.2, -0.15) is 0 Å². The molecule has 2 heterocycles. The van der Waals surface area contributed by atoms with Gasteiger partial charge in [-0.3, -0.25) is 10.3 Å². The van der Waals surface area contributed by atoms with Gasteiger partial charge < -0.3 is 4.42 Å². The number of halogens is 1. The lowest BCUT2D eigenvalue weighted by molar-refractivity contribution is 0.375. The van der Waals surface area contributed by atoms with E-state index in [0.29, 0.717) is 0 Å². The van der Waals surface area contributed by atoms with E-state index in [1.807, 2.05) is 26.0 Å². The molecule has 4 heteroatoms. The topological polar surface area (TPSA) is 38.1 Å². The molecular weight excluding hydrogens is 243 g/mol. The third-order valence-electron chi connectivity index (χ3n) is 3.15. The Balaban J connectivity index is 2.08. The lowest BCUT2D eigenvalue weighted by atomic mass is 10.1. The molecule has 3 nitrogen and oxygen atoms in total. The Labute approximate surface area is 112 Å². The van der Waals surface area contributed by atoms with Crippen LogP contribution >= 0.6 is 0 Å². The molecule has 0 aromatic carbocycles. The molecule has 0 radical (unpaired) electrons. The van der Waals surface area contributed by atoms with Crippen LogP contribution in [0.5, 0.6) is 0 Å². The van der Waals surface area contributed by atoms with Gasteiger partial charge >= 0.3 is 0 Å². The van der Waals surface area contributed by atoms with Gasteiger partial charge in [-0.25, -0.2) is 4.39 Å². The highest BCUT2D eigenvalue weighted by atomic mass is 19.1. The molecule has 0 bridgehead atoms. The predicted molar refractivity (Wildman–Crippen MR) is 72.2 cm³/mol. The van der Waals surface area contributed by atoms with Gasteiger partial charge in [0, 0.05) is 6.04 Å². The van der Waals surface area contributed by atoms with E-state index in [-0.39, 0.29) is 17.9 Å². The van der Waals surface area contributed by atoms with Crippen molar-refractivity contribution in [3.05, 3.63) is 53.5 Å². The molecule has 2 aromatic heterocycles. The Kier molecular flexibility index (Phi) is 4.32.